The van der Waals surface area contributed by atoms with Crippen molar-refractivity contribution in [3.8, 4) is 0 Å². The number of hydrogen-bond donors (Lipinski definition) is 0. The van der Waals surface area contributed by atoms with E-state index in [-0.39, 0.29) is 0 Å². The lowest BCUT2D eigenvalue weighted by atomic mass is 9.82. The fraction of sp³-hybridized carbons (Fsp3) is 0.727. The Morgan fingerprint density at radius 2 is 2.17 bits per heavy atom. The molecule has 0 spiro atoms. The van der Waals surface area contributed by atoms with Crippen LogP contribution in [0.4, 0.5) is 0 Å². The van der Waals surface area contributed by atoms with Crippen molar-refractivity contribution in [3.05, 3.63) is 11.6 Å². The first-order valence-corrected chi connectivity index (χ1v) is 4.86. The van der Waals surface area contributed by atoms with E-state index in [2.05, 4.69) is 13.0 Å². The minimum Gasteiger partial charge on any atom is -0.298 e. The number of carbonyl (C=O) groups is 1. The molecule has 0 aromatic heterocycles. The van der Waals surface area contributed by atoms with Crippen LogP contribution in [0.3, 0.4) is 0 Å². The zero-order chi connectivity index (χ0) is 8.97. The van der Waals surface area contributed by atoms with E-state index >= 15 is 0 Å². The largest absolute Gasteiger partial charge is 0.298 e. The lowest BCUT2D eigenvalue weighted by Crippen LogP contribution is -2.11. The molecule has 2 unspecified atom stereocenters. The molecule has 1 aliphatic carbocycles. The predicted molar refractivity (Wildman–Crippen MR) is 50.9 cm³/mol. The van der Waals surface area contributed by atoms with Crippen molar-refractivity contribution in [3.63, 3.8) is 0 Å². The van der Waals surface area contributed by atoms with Gasteiger partial charge in [0.1, 0.15) is 6.29 Å². The normalized spacial score (nSPS) is 31.7. The molecule has 1 saturated carbocycles. The third kappa shape index (κ3) is 2.80. The maximum absolute atomic E-state index is 10.4. The maximum atomic E-state index is 10.4. The summed E-state index contributed by atoms with van der Waals surface area (Å²) in [6.45, 7) is 4.20. The molecule has 12 heavy (non-hydrogen) atoms. The van der Waals surface area contributed by atoms with E-state index in [1.54, 1.807) is 0 Å². The summed E-state index contributed by atoms with van der Waals surface area (Å²) < 4.78 is 0. The van der Waals surface area contributed by atoms with Crippen LogP contribution in [0.15, 0.2) is 11.6 Å². The van der Waals surface area contributed by atoms with Gasteiger partial charge in [0.05, 0.1) is 0 Å². The summed E-state index contributed by atoms with van der Waals surface area (Å²) in [5.74, 6) is 1.51. The van der Waals surface area contributed by atoms with E-state index in [1.165, 1.54) is 25.7 Å². The molecule has 0 amide bonds. The molecule has 68 valence electrons. The van der Waals surface area contributed by atoms with Crippen LogP contribution in [-0.2, 0) is 4.79 Å². The Bertz CT molecular complexity index is 181. The SMILES string of the molecule is C/C(C=O)=C/C1CCCC(C)C1. The standard InChI is InChI=1S/C11H18O/c1-9-4-3-5-11(6-9)7-10(2)8-12/h7-9,11H,3-6H2,1-2H3/b10-7-. The van der Waals surface area contributed by atoms with Crippen LogP contribution in [0, 0.1) is 11.8 Å². The van der Waals surface area contributed by atoms with Crippen LogP contribution >= 0.6 is 0 Å². The highest BCUT2D eigenvalue weighted by Crippen LogP contribution is 2.29. The van der Waals surface area contributed by atoms with Crippen molar-refractivity contribution < 1.29 is 4.79 Å². The molecular formula is C11H18O. The van der Waals surface area contributed by atoms with Crippen molar-refractivity contribution in [1.82, 2.24) is 0 Å². The Hall–Kier alpha value is -0.590. The van der Waals surface area contributed by atoms with Gasteiger partial charge in [-0.3, -0.25) is 4.79 Å². The molecule has 0 bridgehead atoms. The van der Waals surface area contributed by atoms with Gasteiger partial charge >= 0.3 is 0 Å². The average Bonchev–Trinajstić information content (AvgIpc) is 2.04. The van der Waals surface area contributed by atoms with E-state index in [0.29, 0.717) is 5.92 Å². The molecule has 1 rings (SSSR count). The summed E-state index contributed by atoms with van der Waals surface area (Å²) >= 11 is 0. The Morgan fingerprint density at radius 3 is 2.75 bits per heavy atom. The Balaban J connectivity index is 2.46. The van der Waals surface area contributed by atoms with Crippen LogP contribution in [-0.4, -0.2) is 6.29 Å². The van der Waals surface area contributed by atoms with Crippen molar-refractivity contribution >= 4 is 6.29 Å². The summed E-state index contributed by atoms with van der Waals surface area (Å²) in [6.07, 6.45) is 8.33. The minimum absolute atomic E-state index is 0.666. The second kappa shape index (κ2) is 4.44. The molecule has 2 atom stereocenters. The van der Waals surface area contributed by atoms with Gasteiger partial charge in [0.15, 0.2) is 0 Å². The van der Waals surface area contributed by atoms with Gasteiger partial charge in [-0.05, 0) is 37.2 Å². The molecule has 1 nitrogen and oxygen atoms in total. The summed E-state index contributed by atoms with van der Waals surface area (Å²) in [4.78, 5) is 10.4. The van der Waals surface area contributed by atoms with Gasteiger partial charge in [-0.25, -0.2) is 0 Å². The molecule has 0 radical (unpaired) electrons. The predicted octanol–water partition coefficient (Wildman–Crippen LogP) is 2.96. The van der Waals surface area contributed by atoms with E-state index in [1.807, 2.05) is 6.92 Å². The number of carbonyl (C=O) groups excluding carboxylic acids is 1. The molecule has 0 saturated heterocycles. The highest BCUT2D eigenvalue weighted by Gasteiger charge is 2.16. The van der Waals surface area contributed by atoms with Crippen LogP contribution in [0.2, 0.25) is 0 Å². The number of aldehydes is 1. The fourth-order valence-electron chi connectivity index (χ4n) is 2.04. The lowest BCUT2D eigenvalue weighted by molar-refractivity contribution is -0.104. The monoisotopic (exact) mass is 166 g/mol. The number of hydrogen-bond acceptors (Lipinski definition) is 1. The first-order chi connectivity index (χ1) is 5.72. The third-order valence-electron chi connectivity index (χ3n) is 2.66. The van der Waals surface area contributed by atoms with Crippen molar-refractivity contribution in [2.75, 3.05) is 0 Å². The third-order valence-corrected chi connectivity index (χ3v) is 2.66. The molecule has 1 fully saturated rings. The maximum Gasteiger partial charge on any atom is 0.145 e. The van der Waals surface area contributed by atoms with Gasteiger partial charge in [0.25, 0.3) is 0 Å². The molecule has 0 aromatic carbocycles. The molecule has 0 aliphatic heterocycles. The van der Waals surface area contributed by atoms with Crippen molar-refractivity contribution in [1.29, 1.82) is 0 Å². The topological polar surface area (TPSA) is 17.1 Å². The zero-order valence-corrected chi connectivity index (χ0v) is 8.05. The second-order valence-corrected chi connectivity index (χ2v) is 4.06. The quantitative estimate of drug-likeness (QED) is 0.455. The highest BCUT2D eigenvalue weighted by molar-refractivity contribution is 5.72. The Kier molecular flexibility index (Phi) is 3.51. The van der Waals surface area contributed by atoms with Gasteiger partial charge in [-0.1, -0.05) is 25.8 Å². The Labute approximate surface area is 74.9 Å². The van der Waals surface area contributed by atoms with Gasteiger partial charge in [-0.2, -0.15) is 0 Å². The first kappa shape index (κ1) is 9.50. The average molecular weight is 166 g/mol. The van der Waals surface area contributed by atoms with Crippen LogP contribution < -0.4 is 0 Å². The van der Waals surface area contributed by atoms with Gasteiger partial charge < -0.3 is 0 Å². The summed E-state index contributed by atoms with van der Waals surface area (Å²) in [5, 5.41) is 0. The Morgan fingerprint density at radius 1 is 1.42 bits per heavy atom. The van der Waals surface area contributed by atoms with Crippen LogP contribution in [0.5, 0.6) is 0 Å². The zero-order valence-electron chi connectivity index (χ0n) is 8.05. The van der Waals surface area contributed by atoms with Gasteiger partial charge in [0.2, 0.25) is 0 Å². The summed E-state index contributed by atoms with van der Waals surface area (Å²) in [5.41, 5.74) is 0.897. The molecule has 0 N–H and O–H groups in total. The second-order valence-electron chi connectivity index (χ2n) is 4.06. The summed E-state index contributed by atoms with van der Waals surface area (Å²) in [6, 6.07) is 0. The molecule has 1 aliphatic rings. The fourth-order valence-corrected chi connectivity index (χ4v) is 2.04. The summed E-state index contributed by atoms with van der Waals surface area (Å²) in [7, 11) is 0. The van der Waals surface area contributed by atoms with E-state index < -0.39 is 0 Å². The van der Waals surface area contributed by atoms with Crippen molar-refractivity contribution in [2.45, 2.75) is 39.5 Å². The first-order valence-electron chi connectivity index (χ1n) is 4.86. The molecule has 0 aromatic rings. The molecule has 0 heterocycles. The lowest BCUT2D eigenvalue weighted by Gasteiger charge is -2.24. The van der Waals surface area contributed by atoms with E-state index in [9.17, 15) is 4.79 Å². The smallest absolute Gasteiger partial charge is 0.145 e. The molecular weight excluding hydrogens is 148 g/mol. The van der Waals surface area contributed by atoms with Crippen molar-refractivity contribution in [2.24, 2.45) is 11.8 Å². The minimum atomic E-state index is 0.666. The van der Waals surface area contributed by atoms with E-state index in [4.69, 9.17) is 0 Å². The van der Waals surface area contributed by atoms with E-state index in [0.717, 1.165) is 17.8 Å². The van der Waals surface area contributed by atoms with Gasteiger partial charge in [0, 0.05) is 0 Å². The van der Waals surface area contributed by atoms with Gasteiger partial charge in [-0.15, -0.1) is 0 Å². The van der Waals surface area contributed by atoms with Crippen LogP contribution in [0.25, 0.3) is 0 Å². The molecule has 1 heteroatoms. The highest BCUT2D eigenvalue weighted by atomic mass is 16.1. The number of rotatable bonds is 2. The number of allylic oxidation sites excluding steroid dienone is 2. The van der Waals surface area contributed by atoms with Crippen LogP contribution in [0.1, 0.15) is 39.5 Å².